The van der Waals surface area contributed by atoms with E-state index in [2.05, 4.69) is 32.7 Å². The van der Waals surface area contributed by atoms with E-state index in [1.165, 1.54) is 6.20 Å². The van der Waals surface area contributed by atoms with Gasteiger partial charge < -0.3 is 9.84 Å². The van der Waals surface area contributed by atoms with Crippen LogP contribution in [0.1, 0.15) is 35.2 Å². The third kappa shape index (κ3) is 3.31. The van der Waals surface area contributed by atoms with Crippen LogP contribution in [0.4, 0.5) is 11.7 Å². The fourth-order valence-corrected chi connectivity index (χ4v) is 1.66. The average molecular weight is 275 g/mol. The van der Waals surface area contributed by atoms with Crippen LogP contribution in [0.3, 0.4) is 0 Å². The molecule has 0 aliphatic carbocycles. The van der Waals surface area contributed by atoms with E-state index in [4.69, 9.17) is 4.52 Å². The van der Waals surface area contributed by atoms with Crippen LogP contribution >= 0.6 is 0 Å². The van der Waals surface area contributed by atoms with E-state index in [0.29, 0.717) is 11.4 Å². The zero-order valence-electron chi connectivity index (χ0n) is 11.7. The first kappa shape index (κ1) is 14.0. The number of carbonyl (C=O) groups excluding carboxylic acids is 1. The Morgan fingerprint density at radius 3 is 2.85 bits per heavy atom. The summed E-state index contributed by atoms with van der Waals surface area (Å²) in [5.41, 5.74) is 2.03. The molecule has 1 amide bonds. The van der Waals surface area contributed by atoms with Crippen molar-refractivity contribution in [3.05, 3.63) is 29.3 Å². The normalized spacial score (nSPS) is 10.3. The molecule has 7 heteroatoms. The third-order valence-corrected chi connectivity index (χ3v) is 2.60. The molecule has 0 radical (unpaired) electrons. The van der Waals surface area contributed by atoms with Crippen LogP contribution in [0.5, 0.6) is 0 Å². The minimum absolute atomic E-state index is 0.0783. The number of nitrogens with one attached hydrogen (secondary N) is 2. The summed E-state index contributed by atoms with van der Waals surface area (Å²) in [4.78, 5) is 20.3. The Morgan fingerprint density at radius 2 is 2.20 bits per heavy atom. The van der Waals surface area contributed by atoms with E-state index in [-0.39, 0.29) is 11.9 Å². The highest BCUT2D eigenvalue weighted by atomic mass is 16.5. The molecule has 106 valence electrons. The lowest BCUT2D eigenvalue weighted by Gasteiger charge is -2.10. The number of amides is 1. The number of hydrogen-bond donors (Lipinski definition) is 2. The highest BCUT2D eigenvalue weighted by molar-refractivity contribution is 6.06. The third-order valence-electron chi connectivity index (χ3n) is 2.60. The first-order chi connectivity index (χ1) is 9.60. The second-order valence-corrected chi connectivity index (χ2v) is 4.40. The Labute approximate surface area is 116 Å². The van der Waals surface area contributed by atoms with Gasteiger partial charge in [0.05, 0.1) is 11.3 Å². The van der Waals surface area contributed by atoms with Crippen LogP contribution in [-0.2, 0) is 0 Å². The number of carbonyl (C=O) groups is 1. The summed E-state index contributed by atoms with van der Waals surface area (Å²) in [6.45, 7) is 6.40. The molecule has 0 saturated heterocycles. The van der Waals surface area contributed by atoms with Crippen LogP contribution in [0, 0.1) is 13.8 Å². The van der Waals surface area contributed by atoms with Crippen molar-refractivity contribution in [2.45, 2.75) is 27.2 Å². The van der Waals surface area contributed by atoms with E-state index in [1.54, 1.807) is 6.92 Å². The SMILES string of the molecule is CCCNc1cc(C)ncc1C(=O)Nc1nc(C)no1. The molecule has 0 unspecified atom stereocenters. The van der Waals surface area contributed by atoms with Gasteiger partial charge in [0.15, 0.2) is 5.82 Å². The van der Waals surface area contributed by atoms with Crippen molar-refractivity contribution in [1.29, 1.82) is 0 Å². The quantitative estimate of drug-likeness (QED) is 0.868. The molecule has 0 aromatic carbocycles. The lowest BCUT2D eigenvalue weighted by molar-refractivity contribution is 0.102. The van der Waals surface area contributed by atoms with Crippen molar-refractivity contribution < 1.29 is 9.32 Å². The van der Waals surface area contributed by atoms with E-state index in [0.717, 1.165) is 24.3 Å². The topological polar surface area (TPSA) is 92.9 Å². The van der Waals surface area contributed by atoms with Crippen LogP contribution in [0.2, 0.25) is 0 Å². The first-order valence-corrected chi connectivity index (χ1v) is 6.42. The number of nitrogens with zero attached hydrogens (tertiary/aromatic N) is 3. The van der Waals surface area contributed by atoms with Gasteiger partial charge in [0.2, 0.25) is 0 Å². The van der Waals surface area contributed by atoms with Gasteiger partial charge in [0.1, 0.15) is 0 Å². The Bertz CT molecular complexity index is 609. The summed E-state index contributed by atoms with van der Waals surface area (Å²) in [6.07, 6.45) is 2.50. The molecule has 0 atom stereocenters. The van der Waals surface area contributed by atoms with Gasteiger partial charge in [0, 0.05) is 18.4 Å². The molecule has 0 spiro atoms. The van der Waals surface area contributed by atoms with Crippen molar-refractivity contribution in [1.82, 2.24) is 15.1 Å². The minimum atomic E-state index is -0.334. The number of aromatic nitrogens is 3. The molecular weight excluding hydrogens is 258 g/mol. The Hall–Kier alpha value is -2.44. The summed E-state index contributed by atoms with van der Waals surface area (Å²) in [7, 11) is 0. The molecule has 0 bridgehead atoms. The van der Waals surface area contributed by atoms with E-state index < -0.39 is 0 Å². The van der Waals surface area contributed by atoms with E-state index >= 15 is 0 Å². The first-order valence-electron chi connectivity index (χ1n) is 6.42. The maximum absolute atomic E-state index is 12.2. The number of pyridine rings is 1. The van der Waals surface area contributed by atoms with Crippen LogP contribution in [-0.4, -0.2) is 27.6 Å². The number of hydrogen-bond acceptors (Lipinski definition) is 6. The van der Waals surface area contributed by atoms with Gasteiger partial charge in [-0.3, -0.25) is 15.1 Å². The fourth-order valence-electron chi connectivity index (χ4n) is 1.66. The standard InChI is InChI=1S/C13H17N5O2/c1-4-5-14-11-6-8(2)15-7-10(11)12(19)17-13-16-9(3)18-20-13/h6-7H,4-5H2,1-3H3,(H,14,15)(H,16,17,18,19). The highest BCUT2D eigenvalue weighted by Gasteiger charge is 2.15. The van der Waals surface area contributed by atoms with Crippen molar-refractivity contribution in [2.24, 2.45) is 0 Å². The Balaban J connectivity index is 2.19. The van der Waals surface area contributed by atoms with Crippen LogP contribution in [0.15, 0.2) is 16.8 Å². The smallest absolute Gasteiger partial charge is 0.328 e. The van der Waals surface area contributed by atoms with Crippen LogP contribution in [0.25, 0.3) is 0 Å². The minimum Gasteiger partial charge on any atom is -0.384 e. The molecule has 2 heterocycles. The highest BCUT2D eigenvalue weighted by Crippen LogP contribution is 2.17. The molecule has 7 nitrogen and oxygen atoms in total. The maximum atomic E-state index is 12.2. The predicted octanol–water partition coefficient (Wildman–Crippen LogP) is 2.16. The average Bonchev–Trinajstić information content (AvgIpc) is 2.81. The number of anilines is 2. The van der Waals surface area contributed by atoms with Gasteiger partial charge >= 0.3 is 6.01 Å². The second kappa shape index (κ2) is 6.14. The molecular formula is C13H17N5O2. The molecule has 2 N–H and O–H groups in total. The Morgan fingerprint density at radius 1 is 1.40 bits per heavy atom. The van der Waals surface area contributed by atoms with Crippen molar-refractivity contribution >= 4 is 17.6 Å². The molecule has 2 aromatic rings. The number of rotatable bonds is 5. The molecule has 0 aliphatic heterocycles. The molecule has 0 saturated carbocycles. The monoisotopic (exact) mass is 275 g/mol. The van der Waals surface area contributed by atoms with Gasteiger partial charge in [0.25, 0.3) is 5.91 Å². The predicted molar refractivity (Wildman–Crippen MR) is 74.7 cm³/mol. The molecule has 20 heavy (non-hydrogen) atoms. The zero-order valence-corrected chi connectivity index (χ0v) is 11.7. The summed E-state index contributed by atoms with van der Waals surface area (Å²) in [5, 5.41) is 9.38. The maximum Gasteiger partial charge on any atom is 0.328 e. The fraction of sp³-hybridized carbons (Fsp3) is 0.385. The molecule has 2 aromatic heterocycles. The van der Waals surface area contributed by atoms with E-state index in [9.17, 15) is 4.79 Å². The Kier molecular flexibility index (Phi) is 4.29. The number of aryl methyl sites for hydroxylation is 2. The van der Waals surface area contributed by atoms with Crippen molar-refractivity contribution in [3.63, 3.8) is 0 Å². The summed E-state index contributed by atoms with van der Waals surface area (Å²) >= 11 is 0. The van der Waals surface area contributed by atoms with E-state index in [1.807, 2.05) is 13.0 Å². The van der Waals surface area contributed by atoms with Gasteiger partial charge in [-0.2, -0.15) is 4.98 Å². The van der Waals surface area contributed by atoms with Gasteiger partial charge in [-0.1, -0.05) is 12.1 Å². The molecule has 0 fully saturated rings. The van der Waals surface area contributed by atoms with Gasteiger partial charge in [-0.15, -0.1) is 0 Å². The second-order valence-electron chi connectivity index (χ2n) is 4.40. The lowest BCUT2D eigenvalue weighted by Crippen LogP contribution is -2.16. The summed E-state index contributed by atoms with van der Waals surface area (Å²) < 4.78 is 4.87. The van der Waals surface area contributed by atoms with Crippen molar-refractivity contribution in [3.8, 4) is 0 Å². The van der Waals surface area contributed by atoms with Gasteiger partial charge in [-0.05, 0) is 26.3 Å². The van der Waals surface area contributed by atoms with Crippen molar-refractivity contribution in [2.75, 3.05) is 17.2 Å². The summed E-state index contributed by atoms with van der Waals surface area (Å²) in [5.74, 6) is 0.131. The molecule has 2 rings (SSSR count). The zero-order chi connectivity index (χ0) is 14.5. The molecule has 0 aliphatic rings. The largest absolute Gasteiger partial charge is 0.384 e. The van der Waals surface area contributed by atoms with Crippen LogP contribution < -0.4 is 10.6 Å². The lowest BCUT2D eigenvalue weighted by atomic mass is 10.2. The van der Waals surface area contributed by atoms with Gasteiger partial charge in [-0.25, -0.2) is 0 Å². The summed E-state index contributed by atoms with van der Waals surface area (Å²) in [6, 6.07) is 1.92.